The molecule has 2 rings (SSSR count). The fourth-order valence-corrected chi connectivity index (χ4v) is 4.58. The maximum absolute atomic E-state index is 13.2. The molecule has 0 aliphatic heterocycles. The van der Waals surface area contributed by atoms with Gasteiger partial charge < -0.3 is 18.9 Å². The average Bonchev–Trinajstić information content (AvgIpc) is 3.03. The van der Waals surface area contributed by atoms with Gasteiger partial charge in [0.25, 0.3) is 5.69 Å². The summed E-state index contributed by atoms with van der Waals surface area (Å²) in [4.78, 5) is 62.6. The lowest BCUT2D eigenvalue weighted by Gasteiger charge is -2.16. The first-order valence-corrected chi connectivity index (χ1v) is 16.4. The van der Waals surface area contributed by atoms with E-state index in [9.17, 15) is 29.3 Å². The fourth-order valence-electron chi connectivity index (χ4n) is 4.58. The van der Waals surface area contributed by atoms with Crippen molar-refractivity contribution in [2.75, 3.05) is 0 Å². The Morgan fingerprint density at radius 2 is 1.11 bits per heavy atom. The Morgan fingerprint density at radius 1 is 0.652 bits per heavy atom. The SMILES string of the molecule is CCCCCCC(=O)Oc1cc(C(=O)OCc2ccccc2[N+](=O)[O-])cc(OC(=O)CCCCCC)c1OC(=O)CCCCCC. The van der Waals surface area contributed by atoms with Crippen LogP contribution in [0.15, 0.2) is 36.4 Å². The first-order chi connectivity index (χ1) is 22.2. The zero-order valence-corrected chi connectivity index (χ0v) is 27.3. The molecule has 0 saturated heterocycles. The highest BCUT2D eigenvalue weighted by Crippen LogP contribution is 2.40. The van der Waals surface area contributed by atoms with E-state index in [1.165, 1.54) is 30.3 Å². The summed E-state index contributed by atoms with van der Waals surface area (Å²) >= 11 is 0. The van der Waals surface area contributed by atoms with Crippen LogP contribution in [-0.4, -0.2) is 28.8 Å². The van der Waals surface area contributed by atoms with Crippen molar-refractivity contribution >= 4 is 29.6 Å². The number of unbranched alkanes of at least 4 members (excludes halogenated alkanes) is 9. The van der Waals surface area contributed by atoms with Gasteiger partial charge in [0.15, 0.2) is 11.5 Å². The summed E-state index contributed by atoms with van der Waals surface area (Å²) in [7, 11) is 0. The number of esters is 4. The first-order valence-electron chi connectivity index (χ1n) is 16.4. The van der Waals surface area contributed by atoms with Crippen molar-refractivity contribution in [3.05, 3.63) is 57.6 Å². The number of nitro groups is 1. The molecule has 0 radical (unpaired) electrons. The van der Waals surface area contributed by atoms with Crippen LogP contribution in [0.2, 0.25) is 0 Å². The number of nitrogens with zero attached hydrogens (tertiary/aromatic N) is 1. The van der Waals surface area contributed by atoms with Crippen LogP contribution in [-0.2, 0) is 25.7 Å². The van der Waals surface area contributed by atoms with Crippen LogP contribution in [0.4, 0.5) is 5.69 Å². The molecule has 0 spiro atoms. The number of ether oxygens (including phenoxy) is 4. The van der Waals surface area contributed by atoms with Crippen molar-refractivity contribution in [3.8, 4) is 17.2 Å². The second-order valence-electron chi connectivity index (χ2n) is 11.1. The van der Waals surface area contributed by atoms with Gasteiger partial charge in [0.2, 0.25) is 5.75 Å². The summed E-state index contributed by atoms with van der Waals surface area (Å²) in [6.07, 6.45) is 10.3. The molecule has 0 heterocycles. The highest BCUT2D eigenvalue weighted by Gasteiger charge is 2.25. The summed E-state index contributed by atoms with van der Waals surface area (Å²) in [6, 6.07) is 8.21. The molecule has 11 heteroatoms. The van der Waals surface area contributed by atoms with Crippen LogP contribution < -0.4 is 14.2 Å². The van der Waals surface area contributed by atoms with Gasteiger partial charge in [-0.25, -0.2) is 4.79 Å². The van der Waals surface area contributed by atoms with E-state index in [-0.39, 0.29) is 53.3 Å². The molecule has 11 nitrogen and oxygen atoms in total. The van der Waals surface area contributed by atoms with Crippen molar-refractivity contribution in [2.45, 2.75) is 124 Å². The van der Waals surface area contributed by atoms with Gasteiger partial charge in [-0.2, -0.15) is 0 Å². The van der Waals surface area contributed by atoms with E-state index in [1.807, 2.05) is 0 Å². The van der Waals surface area contributed by atoms with E-state index in [0.29, 0.717) is 19.3 Å². The fraction of sp³-hybridized carbons (Fsp3) is 0.543. The smallest absolute Gasteiger partial charge is 0.338 e. The lowest BCUT2D eigenvalue weighted by Crippen LogP contribution is -2.16. The Hall–Kier alpha value is -4.28. The molecule has 2 aromatic rings. The van der Waals surface area contributed by atoms with Crippen LogP contribution in [0.1, 0.15) is 133 Å². The maximum atomic E-state index is 13.2. The van der Waals surface area contributed by atoms with Gasteiger partial charge in [0.1, 0.15) is 6.61 Å². The number of hydrogen-bond acceptors (Lipinski definition) is 10. The second kappa shape index (κ2) is 21.5. The van der Waals surface area contributed by atoms with E-state index < -0.39 is 35.4 Å². The number of rotatable bonds is 22. The Labute approximate surface area is 271 Å². The molecule has 2 aromatic carbocycles. The molecule has 46 heavy (non-hydrogen) atoms. The quantitative estimate of drug-likeness (QED) is 0.0402. The van der Waals surface area contributed by atoms with Gasteiger partial charge in [-0.15, -0.1) is 0 Å². The van der Waals surface area contributed by atoms with Gasteiger partial charge in [0, 0.05) is 25.3 Å². The largest absolute Gasteiger partial charge is 0.457 e. The molecule has 0 amide bonds. The summed E-state index contributed by atoms with van der Waals surface area (Å²) < 4.78 is 22.2. The lowest BCUT2D eigenvalue weighted by molar-refractivity contribution is -0.385. The standard InChI is InChI=1S/C35H47NO10/c1-4-7-10-13-20-31(37)44-29-23-27(35(40)43-25-26-18-16-17-19-28(26)36(41)42)24-30(45-32(38)21-14-11-8-5-2)34(29)46-33(39)22-15-12-9-6-3/h16-19,23-24H,4-15,20-22,25H2,1-3H3. The van der Waals surface area contributed by atoms with Gasteiger partial charge in [-0.3, -0.25) is 24.5 Å². The van der Waals surface area contributed by atoms with E-state index in [4.69, 9.17) is 18.9 Å². The third-order valence-electron chi connectivity index (χ3n) is 7.17. The normalized spacial score (nSPS) is 10.7. The lowest BCUT2D eigenvalue weighted by atomic mass is 10.1. The molecule has 0 N–H and O–H groups in total. The van der Waals surface area contributed by atoms with E-state index in [2.05, 4.69) is 20.8 Å². The molecule has 0 aromatic heterocycles. The minimum atomic E-state index is -0.920. The zero-order chi connectivity index (χ0) is 33.7. The molecule has 0 aliphatic carbocycles. The van der Waals surface area contributed by atoms with Gasteiger partial charge in [-0.05, 0) is 37.5 Å². The molecular weight excluding hydrogens is 594 g/mol. The molecule has 0 atom stereocenters. The molecular formula is C35H47NO10. The summed E-state index contributed by atoms with van der Waals surface area (Å²) in [5.41, 5.74) is -0.206. The van der Waals surface area contributed by atoms with Crippen LogP contribution in [0.3, 0.4) is 0 Å². The molecule has 252 valence electrons. The minimum Gasteiger partial charge on any atom is -0.457 e. The topological polar surface area (TPSA) is 148 Å². The number of benzene rings is 2. The van der Waals surface area contributed by atoms with Crippen LogP contribution in [0.5, 0.6) is 17.2 Å². The highest BCUT2D eigenvalue weighted by atomic mass is 16.6. The summed E-state index contributed by atoms with van der Waals surface area (Å²) in [5, 5.41) is 11.4. The van der Waals surface area contributed by atoms with Gasteiger partial charge >= 0.3 is 23.9 Å². The molecule has 0 saturated carbocycles. The Kier molecular flexibility index (Phi) is 17.7. The third kappa shape index (κ3) is 13.8. The Balaban J connectivity index is 2.44. The predicted octanol–water partition coefficient (Wildman–Crippen LogP) is 8.58. The summed E-state index contributed by atoms with van der Waals surface area (Å²) in [5.74, 6) is -3.57. The number of carbonyl (C=O) groups excluding carboxylic acids is 4. The Bertz CT molecular complexity index is 1260. The van der Waals surface area contributed by atoms with Crippen molar-refractivity contribution in [1.82, 2.24) is 0 Å². The number of carbonyl (C=O) groups is 4. The van der Waals surface area contributed by atoms with E-state index in [0.717, 1.165) is 57.8 Å². The predicted molar refractivity (Wildman–Crippen MR) is 172 cm³/mol. The Morgan fingerprint density at radius 3 is 1.57 bits per heavy atom. The maximum Gasteiger partial charge on any atom is 0.338 e. The highest BCUT2D eigenvalue weighted by molar-refractivity contribution is 5.92. The van der Waals surface area contributed by atoms with E-state index >= 15 is 0 Å². The zero-order valence-electron chi connectivity index (χ0n) is 27.3. The van der Waals surface area contributed by atoms with E-state index in [1.54, 1.807) is 6.07 Å². The second-order valence-corrected chi connectivity index (χ2v) is 11.1. The monoisotopic (exact) mass is 641 g/mol. The van der Waals surface area contributed by atoms with Crippen molar-refractivity contribution < 1.29 is 43.0 Å². The molecule has 0 aliphatic rings. The van der Waals surface area contributed by atoms with Crippen LogP contribution >= 0.6 is 0 Å². The number of para-hydroxylation sites is 1. The first kappa shape index (κ1) is 37.9. The van der Waals surface area contributed by atoms with Crippen molar-refractivity contribution in [1.29, 1.82) is 0 Å². The number of hydrogen-bond donors (Lipinski definition) is 0. The molecule has 0 unspecified atom stereocenters. The van der Waals surface area contributed by atoms with Crippen LogP contribution in [0.25, 0.3) is 0 Å². The molecule has 0 fully saturated rings. The molecule has 0 bridgehead atoms. The van der Waals surface area contributed by atoms with Crippen LogP contribution in [0, 0.1) is 10.1 Å². The average molecular weight is 642 g/mol. The van der Waals surface area contributed by atoms with Gasteiger partial charge in [-0.1, -0.05) is 90.7 Å². The third-order valence-corrected chi connectivity index (χ3v) is 7.17. The number of nitro benzene ring substituents is 1. The van der Waals surface area contributed by atoms with Crippen molar-refractivity contribution in [2.24, 2.45) is 0 Å². The van der Waals surface area contributed by atoms with Crippen molar-refractivity contribution in [3.63, 3.8) is 0 Å². The minimum absolute atomic E-state index is 0.0866. The van der Waals surface area contributed by atoms with Gasteiger partial charge in [0.05, 0.1) is 16.1 Å². The summed E-state index contributed by atoms with van der Waals surface area (Å²) in [6.45, 7) is 5.74.